The zero-order valence-corrected chi connectivity index (χ0v) is 10.7. The highest BCUT2D eigenvalue weighted by molar-refractivity contribution is 5.16. The molecule has 0 saturated carbocycles. The lowest BCUT2D eigenvalue weighted by atomic mass is 9.99. The molecule has 0 bridgehead atoms. The molecule has 0 aliphatic carbocycles. The Labute approximate surface area is 98.1 Å². The van der Waals surface area contributed by atoms with E-state index in [-0.39, 0.29) is 11.4 Å². The van der Waals surface area contributed by atoms with E-state index in [4.69, 9.17) is 0 Å². The molecule has 0 spiro atoms. The molecule has 1 rings (SSSR count). The van der Waals surface area contributed by atoms with Gasteiger partial charge in [0.2, 0.25) is 0 Å². The van der Waals surface area contributed by atoms with E-state index in [0.29, 0.717) is 5.92 Å². The standard InChI is InChI=1S/C14H22FN/c1-11(10-16-14(2,3)4)9-12-5-7-13(15)8-6-12/h5-8,11,16H,9-10H2,1-4H3. The number of benzene rings is 1. The summed E-state index contributed by atoms with van der Waals surface area (Å²) in [5, 5.41) is 3.48. The van der Waals surface area contributed by atoms with Crippen molar-refractivity contribution < 1.29 is 4.39 Å². The van der Waals surface area contributed by atoms with E-state index in [1.54, 1.807) is 0 Å². The third-order valence-electron chi connectivity index (χ3n) is 2.48. The van der Waals surface area contributed by atoms with Crippen LogP contribution < -0.4 is 5.32 Å². The van der Waals surface area contributed by atoms with E-state index in [0.717, 1.165) is 13.0 Å². The van der Waals surface area contributed by atoms with Crippen LogP contribution in [0.3, 0.4) is 0 Å². The average Bonchev–Trinajstić information content (AvgIpc) is 2.18. The van der Waals surface area contributed by atoms with Gasteiger partial charge in [-0.2, -0.15) is 0 Å². The average molecular weight is 223 g/mol. The topological polar surface area (TPSA) is 12.0 Å². The second-order valence-corrected chi connectivity index (χ2v) is 5.57. The molecular weight excluding hydrogens is 201 g/mol. The van der Waals surface area contributed by atoms with Crippen LogP contribution in [0.1, 0.15) is 33.3 Å². The molecule has 1 nitrogen and oxygen atoms in total. The highest BCUT2D eigenvalue weighted by Gasteiger charge is 2.11. The first kappa shape index (κ1) is 13.2. The monoisotopic (exact) mass is 223 g/mol. The first-order chi connectivity index (χ1) is 7.37. The van der Waals surface area contributed by atoms with Crippen LogP contribution in [-0.2, 0) is 6.42 Å². The van der Waals surface area contributed by atoms with E-state index in [1.807, 2.05) is 12.1 Å². The molecule has 0 aliphatic rings. The van der Waals surface area contributed by atoms with Crippen molar-refractivity contribution in [2.24, 2.45) is 5.92 Å². The summed E-state index contributed by atoms with van der Waals surface area (Å²) in [7, 11) is 0. The molecule has 0 aliphatic heterocycles. The Kier molecular flexibility index (Phi) is 4.48. The summed E-state index contributed by atoms with van der Waals surface area (Å²) in [5.74, 6) is 0.397. The summed E-state index contributed by atoms with van der Waals surface area (Å²) in [5.41, 5.74) is 1.36. The highest BCUT2D eigenvalue weighted by atomic mass is 19.1. The van der Waals surface area contributed by atoms with Gasteiger partial charge in [-0.25, -0.2) is 4.39 Å². The van der Waals surface area contributed by atoms with Gasteiger partial charge in [-0.15, -0.1) is 0 Å². The van der Waals surface area contributed by atoms with E-state index in [1.165, 1.54) is 17.7 Å². The summed E-state index contributed by atoms with van der Waals surface area (Å²) in [6.07, 6.45) is 0.989. The van der Waals surface area contributed by atoms with Gasteiger partial charge in [0.25, 0.3) is 0 Å². The quantitative estimate of drug-likeness (QED) is 0.825. The van der Waals surface area contributed by atoms with Gasteiger partial charge in [0.1, 0.15) is 5.82 Å². The lowest BCUT2D eigenvalue weighted by Gasteiger charge is -2.23. The zero-order chi connectivity index (χ0) is 12.2. The molecule has 1 atom stereocenters. The molecule has 16 heavy (non-hydrogen) atoms. The van der Waals surface area contributed by atoms with Crippen LogP contribution in [0.5, 0.6) is 0 Å². The number of hydrogen-bond acceptors (Lipinski definition) is 1. The molecule has 0 saturated heterocycles. The molecule has 0 heterocycles. The maximum atomic E-state index is 12.7. The van der Waals surface area contributed by atoms with Crippen molar-refractivity contribution >= 4 is 0 Å². The van der Waals surface area contributed by atoms with Crippen molar-refractivity contribution in [2.75, 3.05) is 6.54 Å². The smallest absolute Gasteiger partial charge is 0.123 e. The van der Waals surface area contributed by atoms with Crippen LogP contribution in [0.25, 0.3) is 0 Å². The summed E-state index contributed by atoms with van der Waals surface area (Å²) >= 11 is 0. The number of nitrogens with one attached hydrogen (secondary N) is 1. The molecule has 90 valence electrons. The Morgan fingerprint density at radius 3 is 2.25 bits per heavy atom. The minimum Gasteiger partial charge on any atom is -0.312 e. The summed E-state index contributed by atoms with van der Waals surface area (Å²) in [4.78, 5) is 0. The molecule has 1 unspecified atom stereocenters. The Balaban J connectivity index is 2.39. The molecular formula is C14H22FN. The summed E-state index contributed by atoms with van der Waals surface area (Å²) < 4.78 is 12.7. The third-order valence-corrected chi connectivity index (χ3v) is 2.48. The fourth-order valence-corrected chi connectivity index (χ4v) is 1.58. The van der Waals surface area contributed by atoms with Gasteiger partial charge in [0, 0.05) is 5.54 Å². The van der Waals surface area contributed by atoms with E-state index in [2.05, 4.69) is 33.0 Å². The van der Waals surface area contributed by atoms with Gasteiger partial charge < -0.3 is 5.32 Å². The first-order valence-corrected chi connectivity index (χ1v) is 5.86. The number of hydrogen-bond donors (Lipinski definition) is 1. The van der Waals surface area contributed by atoms with Crippen molar-refractivity contribution in [3.63, 3.8) is 0 Å². The van der Waals surface area contributed by atoms with Crippen molar-refractivity contribution in [1.82, 2.24) is 5.32 Å². The molecule has 0 fully saturated rings. The molecule has 1 N–H and O–H groups in total. The van der Waals surface area contributed by atoms with Gasteiger partial charge in [0.05, 0.1) is 0 Å². The minimum absolute atomic E-state index is 0.163. The Hall–Kier alpha value is -0.890. The fourth-order valence-electron chi connectivity index (χ4n) is 1.58. The van der Waals surface area contributed by atoms with E-state index in [9.17, 15) is 4.39 Å². The predicted molar refractivity (Wildman–Crippen MR) is 67.0 cm³/mol. The van der Waals surface area contributed by atoms with Gasteiger partial charge in [0.15, 0.2) is 0 Å². The molecule has 1 aromatic carbocycles. The predicted octanol–water partition coefficient (Wildman–Crippen LogP) is 3.39. The molecule has 1 aromatic rings. The minimum atomic E-state index is -0.163. The normalized spacial score (nSPS) is 13.8. The maximum Gasteiger partial charge on any atom is 0.123 e. The Morgan fingerprint density at radius 2 is 1.75 bits per heavy atom. The summed E-state index contributed by atoms with van der Waals surface area (Å²) in [6, 6.07) is 6.78. The highest BCUT2D eigenvalue weighted by Crippen LogP contribution is 2.10. The first-order valence-electron chi connectivity index (χ1n) is 5.86. The third kappa shape index (κ3) is 5.26. The largest absolute Gasteiger partial charge is 0.312 e. The molecule has 0 amide bonds. The lowest BCUT2D eigenvalue weighted by Crippen LogP contribution is -2.39. The SMILES string of the molecule is CC(CNC(C)(C)C)Cc1ccc(F)cc1. The molecule has 2 heteroatoms. The van der Waals surface area contributed by atoms with Crippen LogP contribution in [0.15, 0.2) is 24.3 Å². The van der Waals surface area contributed by atoms with Crippen LogP contribution in [0.2, 0.25) is 0 Å². The second kappa shape index (κ2) is 5.44. The van der Waals surface area contributed by atoms with Crippen molar-refractivity contribution in [3.8, 4) is 0 Å². The number of halogens is 1. The van der Waals surface area contributed by atoms with Crippen molar-refractivity contribution in [3.05, 3.63) is 35.6 Å². The van der Waals surface area contributed by atoms with Crippen LogP contribution in [0.4, 0.5) is 4.39 Å². The van der Waals surface area contributed by atoms with Gasteiger partial charge in [-0.3, -0.25) is 0 Å². The van der Waals surface area contributed by atoms with Crippen LogP contribution >= 0.6 is 0 Å². The van der Waals surface area contributed by atoms with Gasteiger partial charge in [-0.05, 0) is 57.4 Å². The van der Waals surface area contributed by atoms with E-state index >= 15 is 0 Å². The zero-order valence-electron chi connectivity index (χ0n) is 10.7. The molecule has 0 radical (unpaired) electrons. The van der Waals surface area contributed by atoms with E-state index < -0.39 is 0 Å². The number of rotatable bonds is 4. The van der Waals surface area contributed by atoms with Crippen molar-refractivity contribution in [1.29, 1.82) is 0 Å². The summed E-state index contributed by atoms with van der Waals surface area (Å²) in [6.45, 7) is 9.69. The lowest BCUT2D eigenvalue weighted by molar-refractivity contribution is 0.381. The van der Waals surface area contributed by atoms with Crippen molar-refractivity contribution in [2.45, 2.75) is 39.7 Å². The van der Waals surface area contributed by atoms with Gasteiger partial charge in [-0.1, -0.05) is 19.1 Å². The fraction of sp³-hybridized carbons (Fsp3) is 0.571. The maximum absolute atomic E-state index is 12.7. The Bertz CT molecular complexity index is 311. The van der Waals surface area contributed by atoms with Crippen LogP contribution in [0, 0.1) is 11.7 Å². The van der Waals surface area contributed by atoms with Gasteiger partial charge >= 0.3 is 0 Å². The second-order valence-electron chi connectivity index (χ2n) is 5.57. The Morgan fingerprint density at radius 1 is 1.19 bits per heavy atom. The molecule has 0 aromatic heterocycles. The van der Waals surface area contributed by atoms with Crippen LogP contribution in [-0.4, -0.2) is 12.1 Å².